The van der Waals surface area contributed by atoms with Crippen molar-refractivity contribution >= 4 is 29.0 Å². The molecule has 2 rings (SSSR count). The minimum absolute atomic E-state index is 0.243. The Labute approximate surface area is 128 Å². The smallest absolute Gasteiger partial charge is 0.275 e. The molecule has 2 N–H and O–H groups in total. The van der Waals surface area contributed by atoms with E-state index in [1.807, 2.05) is 13.0 Å². The fourth-order valence-electron chi connectivity index (χ4n) is 1.72. The molecule has 0 saturated heterocycles. The van der Waals surface area contributed by atoms with Crippen molar-refractivity contribution in [2.75, 3.05) is 17.2 Å². The van der Waals surface area contributed by atoms with E-state index >= 15 is 0 Å². The van der Waals surface area contributed by atoms with Crippen molar-refractivity contribution in [2.45, 2.75) is 20.3 Å². The summed E-state index contributed by atoms with van der Waals surface area (Å²) in [6.07, 6.45) is 3.98. The predicted octanol–water partition coefficient (Wildman–Crippen LogP) is 3.51. The summed E-state index contributed by atoms with van der Waals surface area (Å²) in [5, 5.41) is 6.33. The molecule has 0 fully saturated rings. The maximum Gasteiger partial charge on any atom is 0.275 e. The van der Waals surface area contributed by atoms with E-state index in [1.54, 1.807) is 18.3 Å². The van der Waals surface area contributed by atoms with Crippen LogP contribution in [0, 0.1) is 6.92 Å². The van der Waals surface area contributed by atoms with E-state index in [0.717, 1.165) is 18.5 Å². The Hall–Kier alpha value is -2.14. The quantitative estimate of drug-likeness (QED) is 0.887. The summed E-state index contributed by atoms with van der Waals surface area (Å²) < 4.78 is 0. The molecule has 0 spiro atoms. The maximum atomic E-state index is 12.2. The van der Waals surface area contributed by atoms with E-state index < -0.39 is 0 Å². The van der Waals surface area contributed by atoms with Crippen LogP contribution in [0.15, 0.2) is 30.6 Å². The van der Waals surface area contributed by atoms with Gasteiger partial charge in [0.05, 0.1) is 23.1 Å². The van der Waals surface area contributed by atoms with E-state index in [9.17, 15) is 4.79 Å². The molecule has 6 heteroatoms. The molecule has 5 nitrogen and oxygen atoms in total. The first-order chi connectivity index (χ1) is 10.1. The van der Waals surface area contributed by atoms with Crippen LogP contribution in [-0.2, 0) is 0 Å². The summed E-state index contributed by atoms with van der Waals surface area (Å²) in [7, 11) is 0. The number of nitrogens with zero attached hydrogens (tertiary/aromatic N) is 2. The van der Waals surface area contributed by atoms with Crippen LogP contribution in [0.5, 0.6) is 0 Å². The fourth-order valence-corrected chi connectivity index (χ4v) is 2.00. The third-order valence-corrected chi connectivity index (χ3v) is 3.11. The molecule has 0 aliphatic rings. The Morgan fingerprint density at radius 2 is 2.14 bits per heavy atom. The summed E-state index contributed by atoms with van der Waals surface area (Å²) in [5.74, 6) is 0.243. The van der Waals surface area contributed by atoms with Crippen LogP contribution in [0.4, 0.5) is 11.5 Å². The fraction of sp³-hybridized carbons (Fsp3) is 0.267. The summed E-state index contributed by atoms with van der Waals surface area (Å²) in [6.45, 7) is 4.77. The van der Waals surface area contributed by atoms with Gasteiger partial charge in [0.15, 0.2) is 0 Å². The van der Waals surface area contributed by atoms with E-state index in [2.05, 4.69) is 27.5 Å². The van der Waals surface area contributed by atoms with Crippen molar-refractivity contribution < 1.29 is 4.79 Å². The van der Waals surface area contributed by atoms with Crippen LogP contribution >= 0.6 is 11.6 Å². The van der Waals surface area contributed by atoms with Crippen molar-refractivity contribution in [1.82, 2.24) is 9.97 Å². The molecule has 1 aromatic heterocycles. The molecular formula is C15H17ClN4O. The molecule has 0 saturated carbocycles. The van der Waals surface area contributed by atoms with Crippen molar-refractivity contribution in [3.8, 4) is 0 Å². The SMILES string of the molecule is CCCNc1cncc(C(=O)Nc2ccc(C)cc2Cl)n1. The van der Waals surface area contributed by atoms with Gasteiger partial charge in [0.2, 0.25) is 0 Å². The van der Waals surface area contributed by atoms with Gasteiger partial charge in [0.25, 0.3) is 5.91 Å². The molecule has 0 aliphatic carbocycles. The van der Waals surface area contributed by atoms with Gasteiger partial charge < -0.3 is 10.6 Å². The Morgan fingerprint density at radius 3 is 2.86 bits per heavy atom. The molecule has 110 valence electrons. The number of aryl methyl sites for hydroxylation is 1. The van der Waals surface area contributed by atoms with E-state index in [1.165, 1.54) is 6.20 Å². The van der Waals surface area contributed by atoms with Gasteiger partial charge in [-0.2, -0.15) is 0 Å². The predicted molar refractivity (Wildman–Crippen MR) is 85.0 cm³/mol. The highest BCUT2D eigenvalue weighted by atomic mass is 35.5. The lowest BCUT2D eigenvalue weighted by Gasteiger charge is -2.08. The minimum atomic E-state index is -0.339. The van der Waals surface area contributed by atoms with Crippen molar-refractivity contribution in [3.05, 3.63) is 46.9 Å². The summed E-state index contributed by atoms with van der Waals surface area (Å²) >= 11 is 6.10. The van der Waals surface area contributed by atoms with Crippen LogP contribution in [-0.4, -0.2) is 22.4 Å². The van der Waals surface area contributed by atoms with Gasteiger partial charge in [-0.05, 0) is 31.0 Å². The number of halogens is 1. The van der Waals surface area contributed by atoms with Gasteiger partial charge in [0.1, 0.15) is 11.5 Å². The molecule has 1 amide bonds. The molecule has 1 heterocycles. The zero-order chi connectivity index (χ0) is 15.2. The highest BCUT2D eigenvalue weighted by Crippen LogP contribution is 2.23. The van der Waals surface area contributed by atoms with Crippen LogP contribution in [0.25, 0.3) is 0 Å². The highest BCUT2D eigenvalue weighted by Gasteiger charge is 2.11. The number of benzene rings is 1. The van der Waals surface area contributed by atoms with Crippen molar-refractivity contribution in [1.29, 1.82) is 0 Å². The van der Waals surface area contributed by atoms with Gasteiger partial charge in [-0.3, -0.25) is 9.78 Å². The lowest BCUT2D eigenvalue weighted by atomic mass is 10.2. The summed E-state index contributed by atoms with van der Waals surface area (Å²) in [6, 6.07) is 5.44. The van der Waals surface area contributed by atoms with Gasteiger partial charge in [-0.25, -0.2) is 4.98 Å². The second kappa shape index (κ2) is 7.04. The Bertz CT molecular complexity index is 645. The number of nitrogens with one attached hydrogen (secondary N) is 2. The summed E-state index contributed by atoms with van der Waals surface area (Å²) in [5.41, 5.74) is 1.83. The van der Waals surface area contributed by atoms with Gasteiger partial charge >= 0.3 is 0 Å². The number of aromatic nitrogens is 2. The molecule has 2 aromatic rings. The number of hydrogen-bond donors (Lipinski definition) is 2. The third-order valence-electron chi connectivity index (χ3n) is 2.80. The largest absolute Gasteiger partial charge is 0.369 e. The van der Waals surface area contributed by atoms with Crippen LogP contribution < -0.4 is 10.6 Å². The molecule has 0 unspecified atom stereocenters. The van der Waals surface area contributed by atoms with Crippen LogP contribution in [0.2, 0.25) is 5.02 Å². The molecule has 0 bridgehead atoms. The molecule has 1 aromatic carbocycles. The van der Waals surface area contributed by atoms with Gasteiger partial charge in [0, 0.05) is 6.54 Å². The first kappa shape index (κ1) is 15.3. The van der Waals surface area contributed by atoms with E-state index in [-0.39, 0.29) is 11.6 Å². The molecule has 0 aliphatic heterocycles. The lowest BCUT2D eigenvalue weighted by molar-refractivity contribution is 0.102. The first-order valence-electron chi connectivity index (χ1n) is 6.73. The second-order valence-electron chi connectivity index (χ2n) is 4.65. The number of carbonyl (C=O) groups excluding carboxylic acids is 1. The molecule has 0 radical (unpaired) electrons. The zero-order valence-corrected chi connectivity index (χ0v) is 12.7. The first-order valence-corrected chi connectivity index (χ1v) is 7.11. The van der Waals surface area contributed by atoms with Crippen molar-refractivity contribution in [3.63, 3.8) is 0 Å². The monoisotopic (exact) mass is 304 g/mol. The highest BCUT2D eigenvalue weighted by molar-refractivity contribution is 6.34. The molecule has 21 heavy (non-hydrogen) atoms. The normalized spacial score (nSPS) is 10.2. The average Bonchev–Trinajstić information content (AvgIpc) is 2.48. The minimum Gasteiger partial charge on any atom is -0.369 e. The van der Waals surface area contributed by atoms with E-state index in [4.69, 9.17) is 11.6 Å². The number of carbonyl (C=O) groups is 1. The van der Waals surface area contributed by atoms with E-state index in [0.29, 0.717) is 16.5 Å². The maximum absolute atomic E-state index is 12.2. The lowest BCUT2D eigenvalue weighted by Crippen LogP contribution is -2.15. The average molecular weight is 305 g/mol. The number of hydrogen-bond acceptors (Lipinski definition) is 4. The second-order valence-corrected chi connectivity index (χ2v) is 5.06. The Balaban J connectivity index is 2.12. The summed E-state index contributed by atoms with van der Waals surface area (Å²) in [4.78, 5) is 20.4. The Kier molecular flexibility index (Phi) is 5.11. The van der Waals surface area contributed by atoms with Crippen LogP contribution in [0.3, 0.4) is 0 Å². The topological polar surface area (TPSA) is 66.9 Å². The van der Waals surface area contributed by atoms with Gasteiger partial charge in [-0.15, -0.1) is 0 Å². The third kappa shape index (κ3) is 4.16. The number of anilines is 2. The molecular weight excluding hydrogens is 288 g/mol. The van der Waals surface area contributed by atoms with Crippen LogP contribution in [0.1, 0.15) is 29.4 Å². The molecule has 0 atom stereocenters. The Morgan fingerprint density at radius 1 is 1.33 bits per heavy atom. The number of amides is 1. The number of rotatable bonds is 5. The van der Waals surface area contributed by atoms with Crippen molar-refractivity contribution in [2.24, 2.45) is 0 Å². The standard InChI is InChI=1S/C15H17ClN4O/c1-3-6-18-14-9-17-8-13(19-14)15(21)20-12-5-4-10(2)7-11(12)16/h4-5,7-9H,3,6H2,1-2H3,(H,18,19)(H,20,21). The zero-order valence-electron chi connectivity index (χ0n) is 12.0. The van der Waals surface area contributed by atoms with Gasteiger partial charge in [-0.1, -0.05) is 24.6 Å².